The molecule has 0 spiro atoms. The topological polar surface area (TPSA) is 51.3 Å². The molecule has 0 saturated heterocycles. The molecule has 2 aromatic rings. The molecule has 0 aliphatic carbocycles. The highest BCUT2D eigenvalue weighted by atomic mass is 16.3. The standard InChI is InChI=1S/C17H25N3O2/c1-6-19(11-15-8-7-13(4)22-15)17(21)14(5)20-10-9-18-16(20)12(2)3/h7-10,12,14H,6,11H2,1-5H3/t14-/m0/s1. The van der Waals surface area contributed by atoms with Crippen molar-refractivity contribution in [3.63, 3.8) is 0 Å². The SMILES string of the molecule is CCN(Cc1ccc(C)o1)C(=O)[C@H](C)n1ccnc1C(C)C. The summed E-state index contributed by atoms with van der Waals surface area (Å²) in [5, 5.41) is 0. The Balaban J connectivity index is 2.15. The molecule has 0 bridgehead atoms. The van der Waals surface area contributed by atoms with Gasteiger partial charge >= 0.3 is 0 Å². The zero-order valence-corrected chi connectivity index (χ0v) is 14.0. The summed E-state index contributed by atoms with van der Waals surface area (Å²) >= 11 is 0. The van der Waals surface area contributed by atoms with Gasteiger partial charge in [-0.2, -0.15) is 0 Å². The van der Waals surface area contributed by atoms with Gasteiger partial charge in [-0.15, -0.1) is 0 Å². The maximum absolute atomic E-state index is 12.8. The van der Waals surface area contributed by atoms with Gasteiger partial charge in [0.2, 0.25) is 5.91 Å². The van der Waals surface area contributed by atoms with Crippen molar-refractivity contribution in [1.82, 2.24) is 14.5 Å². The Morgan fingerprint density at radius 3 is 2.64 bits per heavy atom. The van der Waals surface area contributed by atoms with Crippen molar-refractivity contribution in [2.75, 3.05) is 6.54 Å². The van der Waals surface area contributed by atoms with Crippen LogP contribution < -0.4 is 0 Å². The van der Waals surface area contributed by atoms with Crippen LogP contribution in [0.15, 0.2) is 28.9 Å². The van der Waals surface area contributed by atoms with Crippen LogP contribution in [0.4, 0.5) is 0 Å². The maximum Gasteiger partial charge on any atom is 0.245 e. The molecular formula is C17H25N3O2. The van der Waals surface area contributed by atoms with E-state index in [1.807, 2.05) is 48.6 Å². The molecule has 0 aromatic carbocycles. The number of nitrogens with zero attached hydrogens (tertiary/aromatic N) is 3. The fourth-order valence-corrected chi connectivity index (χ4v) is 2.59. The number of rotatable bonds is 6. The highest BCUT2D eigenvalue weighted by Crippen LogP contribution is 2.20. The molecule has 0 N–H and O–H groups in total. The van der Waals surface area contributed by atoms with Crippen molar-refractivity contribution in [3.05, 3.63) is 41.9 Å². The molecule has 2 aromatic heterocycles. The Labute approximate surface area is 131 Å². The average Bonchev–Trinajstić information content (AvgIpc) is 3.12. The molecule has 5 heteroatoms. The van der Waals surface area contributed by atoms with Gasteiger partial charge in [0.1, 0.15) is 23.4 Å². The Morgan fingerprint density at radius 2 is 2.09 bits per heavy atom. The molecule has 0 saturated carbocycles. The quantitative estimate of drug-likeness (QED) is 0.820. The first-order valence-electron chi connectivity index (χ1n) is 7.80. The summed E-state index contributed by atoms with van der Waals surface area (Å²) in [5.41, 5.74) is 0. The molecule has 0 unspecified atom stereocenters. The third-order valence-corrected chi connectivity index (χ3v) is 3.83. The van der Waals surface area contributed by atoms with Gasteiger partial charge in [-0.3, -0.25) is 4.79 Å². The minimum atomic E-state index is -0.268. The predicted octanol–water partition coefficient (Wildman–Crippen LogP) is 3.52. The van der Waals surface area contributed by atoms with E-state index in [2.05, 4.69) is 18.8 Å². The fourth-order valence-electron chi connectivity index (χ4n) is 2.59. The van der Waals surface area contributed by atoms with E-state index in [4.69, 9.17) is 4.42 Å². The normalized spacial score (nSPS) is 12.6. The lowest BCUT2D eigenvalue weighted by Gasteiger charge is -2.25. The molecule has 0 aliphatic rings. The van der Waals surface area contributed by atoms with Crippen LogP contribution in [-0.2, 0) is 11.3 Å². The van der Waals surface area contributed by atoms with Crippen molar-refractivity contribution < 1.29 is 9.21 Å². The van der Waals surface area contributed by atoms with Gasteiger partial charge in [0.05, 0.1) is 6.54 Å². The monoisotopic (exact) mass is 303 g/mol. The number of carbonyl (C=O) groups is 1. The lowest BCUT2D eigenvalue weighted by Crippen LogP contribution is -2.36. The number of hydrogen-bond acceptors (Lipinski definition) is 3. The molecule has 0 fully saturated rings. The van der Waals surface area contributed by atoms with Crippen molar-refractivity contribution in [2.45, 2.75) is 53.1 Å². The summed E-state index contributed by atoms with van der Waals surface area (Å²) in [6.45, 7) is 11.1. The second-order valence-electron chi connectivity index (χ2n) is 5.89. The van der Waals surface area contributed by atoms with Crippen molar-refractivity contribution in [3.8, 4) is 0 Å². The van der Waals surface area contributed by atoms with Gasteiger partial charge in [0, 0.05) is 24.9 Å². The number of hydrogen-bond donors (Lipinski definition) is 0. The zero-order chi connectivity index (χ0) is 16.3. The Morgan fingerprint density at radius 1 is 1.36 bits per heavy atom. The first kappa shape index (κ1) is 16.3. The van der Waals surface area contributed by atoms with E-state index in [0.29, 0.717) is 13.1 Å². The predicted molar refractivity (Wildman–Crippen MR) is 85.6 cm³/mol. The third kappa shape index (κ3) is 3.40. The van der Waals surface area contributed by atoms with E-state index in [9.17, 15) is 4.79 Å². The van der Waals surface area contributed by atoms with Crippen LogP contribution in [0, 0.1) is 6.92 Å². The first-order valence-corrected chi connectivity index (χ1v) is 7.80. The molecule has 2 rings (SSSR count). The first-order chi connectivity index (χ1) is 10.4. The summed E-state index contributed by atoms with van der Waals surface area (Å²) in [4.78, 5) is 19.0. The van der Waals surface area contributed by atoms with Crippen molar-refractivity contribution in [2.24, 2.45) is 0 Å². The van der Waals surface area contributed by atoms with Gasteiger partial charge in [0.25, 0.3) is 0 Å². The van der Waals surface area contributed by atoms with Crippen LogP contribution in [0.1, 0.15) is 57.0 Å². The zero-order valence-electron chi connectivity index (χ0n) is 14.0. The minimum Gasteiger partial charge on any atom is -0.464 e. The highest BCUT2D eigenvalue weighted by Gasteiger charge is 2.24. The number of carbonyl (C=O) groups excluding carboxylic acids is 1. The van der Waals surface area contributed by atoms with Crippen LogP contribution in [0.25, 0.3) is 0 Å². The number of furan rings is 1. The van der Waals surface area contributed by atoms with E-state index in [-0.39, 0.29) is 17.9 Å². The van der Waals surface area contributed by atoms with Crippen LogP contribution >= 0.6 is 0 Å². The summed E-state index contributed by atoms with van der Waals surface area (Å²) < 4.78 is 7.55. The molecule has 1 amide bonds. The Kier molecular flexibility index (Phi) is 5.06. The van der Waals surface area contributed by atoms with Gasteiger partial charge in [-0.05, 0) is 32.9 Å². The fraction of sp³-hybridized carbons (Fsp3) is 0.529. The van der Waals surface area contributed by atoms with Gasteiger partial charge in [-0.25, -0.2) is 4.98 Å². The lowest BCUT2D eigenvalue weighted by molar-refractivity contribution is -0.135. The molecule has 5 nitrogen and oxygen atoms in total. The average molecular weight is 303 g/mol. The van der Waals surface area contributed by atoms with Crippen LogP contribution in [0.5, 0.6) is 0 Å². The molecule has 0 radical (unpaired) electrons. The lowest BCUT2D eigenvalue weighted by atomic mass is 10.2. The Bertz CT molecular complexity index is 627. The second kappa shape index (κ2) is 6.81. The summed E-state index contributed by atoms with van der Waals surface area (Å²) in [6.07, 6.45) is 3.63. The van der Waals surface area contributed by atoms with E-state index in [1.165, 1.54) is 0 Å². The van der Waals surface area contributed by atoms with Crippen molar-refractivity contribution >= 4 is 5.91 Å². The number of imidazole rings is 1. The number of aromatic nitrogens is 2. The van der Waals surface area contributed by atoms with E-state index in [1.54, 1.807) is 6.20 Å². The number of likely N-dealkylation sites (N-methyl/N-ethyl adjacent to an activating group) is 1. The van der Waals surface area contributed by atoms with Gasteiger partial charge < -0.3 is 13.9 Å². The molecule has 120 valence electrons. The summed E-state index contributed by atoms with van der Waals surface area (Å²) in [7, 11) is 0. The van der Waals surface area contributed by atoms with Gasteiger partial charge in [-0.1, -0.05) is 13.8 Å². The molecule has 2 heterocycles. The van der Waals surface area contributed by atoms with Gasteiger partial charge in [0.15, 0.2) is 0 Å². The highest BCUT2D eigenvalue weighted by molar-refractivity contribution is 5.80. The van der Waals surface area contributed by atoms with E-state index < -0.39 is 0 Å². The number of aryl methyl sites for hydroxylation is 1. The Hall–Kier alpha value is -2.04. The summed E-state index contributed by atoms with van der Waals surface area (Å²) in [6, 6.07) is 3.58. The smallest absolute Gasteiger partial charge is 0.245 e. The number of amides is 1. The largest absolute Gasteiger partial charge is 0.464 e. The van der Waals surface area contributed by atoms with E-state index in [0.717, 1.165) is 17.3 Å². The molecule has 0 aliphatic heterocycles. The third-order valence-electron chi connectivity index (χ3n) is 3.83. The second-order valence-corrected chi connectivity index (χ2v) is 5.89. The van der Waals surface area contributed by atoms with Crippen LogP contribution in [0.3, 0.4) is 0 Å². The summed E-state index contributed by atoms with van der Waals surface area (Å²) in [5.74, 6) is 2.98. The maximum atomic E-state index is 12.8. The molecular weight excluding hydrogens is 278 g/mol. The van der Waals surface area contributed by atoms with Crippen LogP contribution in [-0.4, -0.2) is 26.9 Å². The molecule has 22 heavy (non-hydrogen) atoms. The van der Waals surface area contributed by atoms with E-state index >= 15 is 0 Å². The minimum absolute atomic E-state index is 0.0800. The molecule has 1 atom stereocenters. The van der Waals surface area contributed by atoms with Crippen LogP contribution in [0.2, 0.25) is 0 Å². The van der Waals surface area contributed by atoms with Crippen molar-refractivity contribution in [1.29, 1.82) is 0 Å².